The Bertz CT molecular complexity index is 1490. The van der Waals surface area contributed by atoms with E-state index >= 15 is 0 Å². The first-order valence-electron chi connectivity index (χ1n) is 11.1. The van der Waals surface area contributed by atoms with Crippen molar-refractivity contribution in [3.8, 4) is 22.8 Å². The van der Waals surface area contributed by atoms with E-state index in [1.54, 1.807) is 6.07 Å². The van der Waals surface area contributed by atoms with Crippen LogP contribution < -0.4 is 10.6 Å². The minimum absolute atomic E-state index is 0.328. The van der Waals surface area contributed by atoms with Crippen LogP contribution in [0.3, 0.4) is 0 Å². The summed E-state index contributed by atoms with van der Waals surface area (Å²) >= 11 is 12.8. The molecule has 0 radical (unpaired) electrons. The van der Waals surface area contributed by atoms with Gasteiger partial charge in [0.2, 0.25) is 11.8 Å². The van der Waals surface area contributed by atoms with Gasteiger partial charge in [-0.2, -0.15) is 15.3 Å². The van der Waals surface area contributed by atoms with Crippen LogP contribution in [0.5, 0.6) is 0 Å². The minimum atomic E-state index is -0.388. The Balaban J connectivity index is 1.41. The number of nitrogens with zero attached hydrogens (tertiary/aromatic N) is 7. The lowest BCUT2D eigenvalue weighted by Gasteiger charge is -2.39. The summed E-state index contributed by atoms with van der Waals surface area (Å²) < 4.78 is 0. The van der Waals surface area contributed by atoms with Crippen LogP contribution in [0.15, 0.2) is 48.5 Å². The Morgan fingerprint density at radius 2 is 1.74 bits per heavy atom. The highest BCUT2D eigenvalue weighted by Gasteiger charge is 2.34. The number of H-pyrrole nitrogens is 2. The van der Waals surface area contributed by atoms with Crippen LogP contribution in [0, 0.1) is 0 Å². The molecule has 35 heavy (non-hydrogen) atoms. The lowest BCUT2D eigenvalue weighted by atomic mass is 9.82. The maximum Gasteiger partial charge on any atom is 0.228 e. The van der Waals surface area contributed by atoms with Crippen LogP contribution in [-0.2, 0) is 5.54 Å². The molecule has 4 heterocycles. The Morgan fingerprint density at radius 1 is 0.943 bits per heavy atom. The summed E-state index contributed by atoms with van der Waals surface area (Å²) in [5.74, 6) is 0.858. The Hall–Kier alpha value is -3.60. The average Bonchev–Trinajstić information content (AvgIpc) is 3.57. The number of benzene rings is 2. The summed E-state index contributed by atoms with van der Waals surface area (Å²) in [6, 6.07) is 15.6. The normalized spacial score (nSPS) is 15.6. The predicted molar refractivity (Wildman–Crippen MR) is 134 cm³/mol. The van der Waals surface area contributed by atoms with Gasteiger partial charge in [-0.3, -0.25) is 5.10 Å². The molecule has 10 nitrogen and oxygen atoms in total. The molecule has 1 aliphatic heterocycles. The predicted octanol–water partition coefficient (Wildman–Crippen LogP) is 3.96. The SMILES string of the molecule is NC1(c2ccccc2)CCN(c2nc(-c3nn[nH]n3)c3c(-c4cccc(Cl)c4Cl)[nH]nc3n2)CC1. The fraction of sp³-hybridized carbons (Fsp3) is 0.217. The number of piperidine rings is 1. The molecule has 0 atom stereocenters. The number of anilines is 1. The monoisotopic (exact) mass is 506 g/mol. The maximum atomic E-state index is 6.77. The largest absolute Gasteiger partial charge is 0.341 e. The second-order valence-electron chi connectivity index (χ2n) is 8.52. The number of halogens is 2. The molecule has 0 amide bonds. The van der Waals surface area contributed by atoms with Gasteiger partial charge >= 0.3 is 0 Å². The number of tetrazole rings is 1. The zero-order valence-electron chi connectivity index (χ0n) is 18.4. The van der Waals surface area contributed by atoms with Crippen molar-refractivity contribution in [2.45, 2.75) is 18.4 Å². The molecule has 0 aliphatic carbocycles. The lowest BCUT2D eigenvalue weighted by molar-refractivity contribution is 0.340. The van der Waals surface area contributed by atoms with E-state index < -0.39 is 0 Å². The van der Waals surface area contributed by atoms with Crippen LogP contribution >= 0.6 is 23.2 Å². The van der Waals surface area contributed by atoms with Crippen molar-refractivity contribution in [1.82, 2.24) is 40.8 Å². The molecule has 0 spiro atoms. The number of nitrogens with two attached hydrogens (primary N) is 1. The van der Waals surface area contributed by atoms with E-state index in [-0.39, 0.29) is 5.54 Å². The molecule has 176 valence electrons. The topological polar surface area (TPSA) is 138 Å². The number of hydrogen-bond donors (Lipinski definition) is 3. The van der Waals surface area contributed by atoms with Crippen LogP contribution in [0.25, 0.3) is 33.8 Å². The molecule has 6 rings (SSSR count). The van der Waals surface area contributed by atoms with Gasteiger partial charge in [-0.25, -0.2) is 4.98 Å². The van der Waals surface area contributed by atoms with Crippen molar-refractivity contribution in [1.29, 1.82) is 0 Å². The highest BCUT2D eigenvalue weighted by Crippen LogP contribution is 2.39. The molecule has 1 fully saturated rings. The summed E-state index contributed by atoms with van der Waals surface area (Å²) in [5, 5.41) is 23.5. The summed E-state index contributed by atoms with van der Waals surface area (Å²) in [6.07, 6.45) is 1.53. The van der Waals surface area contributed by atoms with E-state index in [4.69, 9.17) is 38.9 Å². The molecule has 0 bridgehead atoms. The second kappa shape index (κ2) is 8.56. The standard InChI is InChI=1S/C23H20Cl2N10/c24-15-8-4-7-14(17(15)25)18-16-19(21-31-33-34-32-21)27-22(28-20(16)30-29-18)35-11-9-23(26,10-12-35)13-5-2-1-3-6-13/h1-8H,9-12,26H2,(H,27,28,29,30)(H,31,32,33,34). The Kier molecular flexibility index (Phi) is 5.36. The lowest BCUT2D eigenvalue weighted by Crippen LogP contribution is -2.48. The number of rotatable bonds is 4. The van der Waals surface area contributed by atoms with Gasteiger partial charge in [0, 0.05) is 24.2 Å². The van der Waals surface area contributed by atoms with Crippen molar-refractivity contribution in [3.05, 3.63) is 64.1 Å². The van der Waals surface area contributed by atoms with Gasteiger partial charge in [0.25, 0.3) is 0 Å². The summed E-state index contributed by atoms with van der Waals surface area (Å²) in [4.78, 5) is 11.7. The third-order valence-electron chi connectivity index (χ3n) is 6.47. The number of nitrogens with one attached hydrogen (secondary N) is 2. The smallest absolute Gasteiger partial charge is 0.228 e. The van der Waals surface area contributed by atoms with E-state index in [2.05, 4.69) is 47.9 Å². The van der Waals surface area contributed by atoms with Crippen molar-refractivity contribution >= 4 is 40.2 Å². The average molecular weight is 507 g/mol. The fourth-order valence-corrected chi connectivity index (χ4v) is 4.93. The van der Waals surface area contributed by atoms with Crippen LogP contribution in [-0.4, -0.2) is 53.9 Å². The molecule has 1 saturated heterocycles. The quantitative estimate of drug-likeness (QED) is 0.332. The highest BCUT2D eigenvalue weighted by atomic mass is 35.5. The first-order valence-corrected chi connectivity index (χ1v) is 11.8. The van der Waals surface area contributed by atoms with Crippen LogP contribution in [0.4, 0.5) is 5.95 Å². The molecule has 1 aliphatic rings. The van der Waals surface area contributed by atoms with Gasteiger partial charge in [0.1, 0.15) is 5.69 Å². The zero-order valence-corrected chi connectivity index (χ0v) is 19.9. The van der Waals surface area contributed by atoms with Gasteiger partial charge in [-0.15, -0.1) is 10.2 Å². The molecular weight excluding hydrogens is 487 g/mol. The van der Waals surface area contributed by atoms with Gasteiger partial charge in [0.15, 0.2) is 5.65 Å². The van der Waals surface area contributed by atoms with Gasteiger partial charge in [-0.1, -0.05) is 65.7 Å². The zero-order chi connectivity index (χ0) is 24.0. The molecule has 2 aromatic carbocycles. The highest BCUT2D eigenvalue weighted by molar-refractivity contribution is 6.43. The summed E-state index contributed by atoms with van der Waals surface area (Å²) in [6.45, 7) is 1.39. The molecule has 4 N–H and O–H groups in total. The van der Waals surface area contributed by atoms with Crippen molar-refractivity contribution in [2.75, 3.05) is 18.0 Å². The van der Waals surface area contributed by atoms with Crippen LogP contribution in [0.2, 0.25) is 10.0 Å². The van der Waals surface area contributed by atoms with Crippen molar-refractivity contribution in [2.24, 2.45) is 5.73 Å². The van der Waals surface area contributed by atoms with E-state index in [1.165, 1.54) is 0 Å². The molecule has 0 unspecified atom stereocenters. The summed E-state index contributed by atoms with van der Waals surface area (Å²) in [5.41, 5.74) is 9.78. The number of aromatic amines is 2. The summed E-state index contributed by atoms with van der Waals surface area (Å²) in [7, 11) is 0. The number of hydrogen-bond acceptors (Lipinski definition) is 8. The minimum Gasteiger partial charge on any atom is -0.341 e. The van der Waals surface area contributed by atoms with Gasteiger partial charge < -0.3 is 10.6 Å². The number of aromatic nitrogens is 8. The first-order chi connectivity index (χ1) is 17.0. The third-order valence-corrected chi connectivity index (χ3v) is 7.29. The van der Waals surface area contributed by atoms with Gasteiger partial charge in [0.05, 0.1) is 21.1 Å². The van der Waals surface area contributed by atoms with E-state index in [9.17, 15) is 0 Å². The van der Waals surface area contributed by atoms with Gasteiger partial charge in [-0.05, 0) is 29.7 Å². The fourth-order valence-electron chi connectivity index (χ4n) is 4.53. The van der Waals surface area contributed by atoms with E-state index in [0.717, 1.165) is 18.4 Å². The molecule has 0 saturated carbocycles. The van der Waals surface area contributed by atoms with Crippen molar-refractivity contribution < 1.29 is 0 Å². The van der Waals surface area contributed by atoms with E-state index in [1.807, 2.05) is 30.3 Å². The Labute approximate surface area is 209 Å². The third kappa shape index (κ3) is 3.79. The number of fused-ring (bicyclic) bond motifs is 1. The molecule has 12 heteroatoms. The maximum absolute atomic E-state index is 6.77. The Morgan fingerprint density at radius 3 is 2.49 bits per heavy atom. The molecular formula is C23H20Cl2N10. The van der Waals surface area contributed by atoms with E-state index in [0.29, 0.717) is 62.9 Å². The van der Waals surface area contributed by atoms with Crippen molar-refractivity contribution in [3.63, 3.8) is 0 Å². The molecule has 5 aromatic rings. The first kappa shape index (κ1) is 21.9. The molecule has 3 aromatic heterocycles. The van der Waals surface area contributed by atoms with Crippen LogP contribution in [0.1, 0.15) is 18.4 Å². The second-order valence-corrected chi connectivity index (χ2v) is 9.30.